The summed E-state index contributed by atoms with van der Waals surface area (Å²) >= 11 is 13.2. The summed E-state index contributed by atoms with van der Waals surface area (Å²) in [6.45, 7) is 1.42. The molecule has 1 unspecified atom stereocenters. The Bertz CT molecular complexity index is 524. The van der Waals surface area contributed by atoms with Crippen molar-refractivity contribution in [3.8, 4) is 0 Å². The molecule has 20 heavy (non-hydrogen) atoms. The van der Waals surface area contributed by atoms with Gasteiger partial charge in [-0.25, -0.2) is 4.79 Å². The van der Waals surface area contributed by atoms with E-state index in [1.807, 2.05) is 6.26 Å². The van der Waals surface area contributed by atoms with Crippen molar-refractivity contribution in [3.05, 3.63) is 33.8 Å². The lowest BCUT2D eigenvalue weighted by atomic mass is 9.92. The molecule has 1 rings (SSSR count). The van der Waals surface area contributed by atoms with Crippen LogP contribution in [0, 0.1) is 0 Å². The van der Waals surface area contributed by atoms with E-state index in [1.54, 1.807) is 0 Å². The molecule has 1 amide bonds. The second-order valence-electron chi connectivity index (χ2n) is 4.35. The third-order valence-electron chi connectivity index (χ3n) is 2.85. The molecular formula is C13H15Cl2NO3S. The van der Waals surface area contributed by atoms with Crippen LogP contribution in [-0.4, -0.2) is 29.0 Å². The lowest BCUT2D eigenvalue weighted by molar-refractivity contribution is -0.147. The zero-order chi connectivity index (χ0) is 15.3. The number of nitrogens with one attached hydrogen (secondary N) is 1. The maximum atomic E-state index is 11.8. The first-order valence-corrected chi connectivity index (χ1v) is 7.95. The van der Waals surface area contributed by atoms with Gasteiger partial charge >= 0.3 is 5.97 Å². The maximum Gasteiger partial charge on any atom is 0.333 e. The van der Waals surface area contributed by atoms with Crippen LogP contribution in [0.4, 0.5) is 0 Å². The number of aliphatic carboxylic acids is 1. The second-order valence-corrected chi connectivity index (χ2v) is 6.15. The van der Waals surface area contributed by atoms with Crippen molar-refractivity contribution in [1.29, 1.82) is 0 Å². The molecule has 0 saturated carbocycles. The Morgan fingerprint density at radius 3 is 2.50 bits per heavy atom. The third-order valence-corrected chi connectivity index (χ3v) is 4.20. The van der Waals surface area contributed by atoms with E-state index in [2.05, 4.69) is 5.32 Å². The number of rotatable bonds is 6. The minimum Gasteiger partial charge on any atom is -0.479 e. The normalized spacial score (nSPS) is 13.6. The zero-order valence-corrected chi connectivity index (χ0v) is 13.4. The Morgan fingerprint density at radius 2 is 2.00 bits per heavy atom. The molecule has 0 heterocycles. The molecule has 0 aromatic heterocycles. The minimum absolute atomic E-state index is 0.245. The maximum absolute atomic E-state index is 11.8. The first-order valence-electron chi connectivity index (χ1n) is 5.80. The highest BCUT2D eigenvalue weighted by atomic mass is 35.5. The molecule has 110 valence electrons. The van der Waals surface area contributed by atoms with Gasteiger partial charge in [0, 0.05) is 12.2 Å². The predicted molar refractivity (Wildman–Crippen MR) is 82.6 cm³/mol. The molecule has 0 aliphatic rings. The predicted octanol–water partition coefficient (Wildman–Crippen LogP) is 3.16. The Kier molecular flexibility index (Phi) is 6.17. The van der Waals surface area contributed by atoms with Gasteiger partial charge in [-0.15, -0.1) is 0 Å². The van der Waals surface area contributed by atoms with E-state index in [-0.39, 0.29) is 17.4 Å². The summed E-state index contributed by atoms with van der Waals surface area (Å²) < 4.78 is 0. The van der Waals surface area contributed by atoms with Crippen molar-refractivity contribution in [2.24, 2.45) is 0 Å². The van der Waals surface area contributed by atoms with Crippen LogP contribution in [0.3, 0.4) is 0 Å². The number of halogens is 2. The fraction of sp³-hybridized carbons (Fsp3) is 0.385. The van der Waals surface area contributed by atoms with Gasteiger partial charge in [0.2, 0.25) is 5.91 Å². The number of thioether (sulfide) groups is 1. The number of amides is 1. The van der Waals surface area contributed by atoms with Crippen molar-refractivity contribution < 1.29 is 14.7 Å². The minimum atomic E-state index is -1.54. The molecule has 7 heteroatoms. The Labute approximate surface area is 131 Å². The van der Waals surface area contributed by atoms with Crippen LogP contribution >= 0.6 is 35.0 Å². The molecule has 4 nitrogen and oxygen atoms in total. The van der Waals surface area contributed by atoms with Crippen molar-refractivity contribution >= 4 is 46.8 Å². The summed E-state index contributed by atoms with van der Waals surface area (Å²) in [6.07, 6.45) is 2.13. The number of carbonyl (C=O) groups excluding carboxylic acids is 1. The Morgan fingerprint density at radius 1 is 1.35 bits per heavy atom. The standard InChI is InChI=1S/C13H15Cl2NO3S/c1-13(12(18)19,16-11(17)5-6-20-2)8-3-4-9(14)10(15)7-8/h3-4,7H,5-6H2,1-2H3,(H,16,17)(H,18,19). The first kappa shape index (κ1) is 17.1. The number of carboxylic acids is 1. The number of hydrogen-bond donors (Lipinski definition) is 2. The number of benzene rings is 1. The van der Waals surface area contributed by atoms with Crippen molar-refractivity contribution in [2.45, 2.75) is 18.9 Å². The third kappa shape index (κ3) is 4.04. The summed E-state index contributed by atoms with van der Waals surface area (Å²) in [5, 5.41) is 12.5. The molecule has 0 radical (unpaired) electrons. The van der Waals surface area contributed by atoms with Crippen LogP contribution in [0.2, 0.25) is 10.0 Å². The SMILES string of the molecule is CSCCC(=O)NC(C)(C(=O)O)c1ccc(Cl)c(Cl)c1. The summed E-state index contributed by atoms with van der Waals surface area (Å²) in [5.41, 5.74) is -1.17. The van der Waals surface area contributed by atoms with Gasteiger partial charge in [-0.3, -0.25) is 4.79 Å². The zero-order valence-electron chi connectivity index (χ0n) is 11.1. The largest absolute Gasteiger partial charge is 0.479 e. The van der Waals surface area contributed by atoms with Gasteiger partial charge in [-0.05, 0) is 30.9 Å². The van der Waals surface area contributed by atoms with Crippen molar-refractivity contribution in [2.75, 3.05) is 12.0 Å². The number of carbonyl (C=O) groups is 2. The van der Waals surface area contributed by atoms with Crippen LogP contribution < -0.4 is 5.32 Å². The Balaban J connectivity index is 3.05. The van der Waals surface area contributed by atoms with Gasteiger partial charge in [-0.1, -0.05) is 29.3 Å². The topological polar surface area (TPSA) is 66.4 Å². The summed E-state index contributed by atoms with van der Waals surface area (Å²) in [6, 6.07) is 4.50. The van der Waals surface area contributed by atoms with E-state index >= 15 is 0 Å². The van der Waals surface area contributed by atoms with Crippen molar-refractivity contribution in [3.63, 3.8) is 0 Å². The van der Waals surface area contributed by atoms with E-state index in [4.69, 9.17) is 23.2 Å². The fourth-order valence-electron chi connectivity index (χ4n) is 1.59. The van der Waals surface area contributed by atoms with Gasteiger partial charge < -0.3 is 10.4 Å². The van der Waals surface area contributed by atoms with E-state index in [0.717, 1.165) is 0 Å². The van der Waals surface area contributed by atoms with E-state index in [0.29, 0.717) is 16.3 Å². The Hall–Kier alpha value is -0.910. The van der Waals surface area contributed by atoms with Gasteiger partial charge in [0.15, 0.2) is 5.54 Å². The van der Waals surface area contributed by atoms with Gasteiger partial charge in [0.25, 0.3) is 0 Å². The summed E-state index contributed by atoms with van der Waals surface area (Å²) in [7, 11) is 0. The van der Waals surface area contributed by atoms with Gasteiger partial charge in [-0.2, -0.15) is 11.8 Å². The molecule has 1 aromatic rings. The molecular weight excluding hydrogens is 321 g/mol. The molecule has 1 atom stereocenters. The van der Waals surface area contributed by atoms with Crippen LogP contribution in [0.15, 0.2) is 18.2 Å². The molecule has 0 bridgehead atoms. The van der Waals surface area contributed by atoms with Crippen molar-refractivity contribution in [1.82, 2.24) is 5.32 Å². The first-order chi connectivity index (χ1) is 9.31. The smallest absolute Gasteiger partial charge is 0.333 e. The molecule has 2 N–H and O–H groups in total. The van der Waals surface area contributed by atoms with E-state index in [9.17, 15) is 14.7 Å². The van der Waals surface area contributed by atoms with Crippen LogP contribution in [0.5, 0.6) is 0 Å². The monoisotopic (exact) mass is 335 g/mol. The average Bonchev–Trinajstić information content (AvgIpc) is 2.39. The molecule has 0 aliphatic heterocycles. The quantitative estimate of drug-likeness (QED) is 0.837. The molecule has 0 fully saturated rings. The highest BCUT2D eigenvalue weighted by Crippen LogP contribution is 2.29. The fourth-order valence-corrected chi connectivity index (χ4v) is 2.28. The molecule has 1 aromatic carbocycles. The average molecular weight is 336 g/mol. The summed E-state index contributed by atoms with van der Waals surface area (Å²) in [5.74, 6) is -0.855. The van der Waals surface area contributed by atoms with Gasteiger partial charge in [0.05, 0.1) is 10.0 Å². The lowest BCUT2D eigenvalue weighted by Gasteiger charge is -2.27. The number of carboxylic acid groups (broad SMARTS) is 1. The highest BCUT2D eigenvalue weighted by molar-refractivity contribution is 7.98. The van der Waals surface area contributed by atoms with E-state index in [1.165, 1.54) is 36.9 Å². The lowest BCUT2D eigenvalue weighted by Crippen LogP contribution is -2.49. The summed E-state index contributed by atoms with van der Waals surface area (Å²) in [4.78, 5) is 23.3. The molecule has 0 saturated heterocycles. The van der Waals surface area contributed by atoms with Crippen LogP contribution in [-0.2, 0) is 15.1 Å². The molecule has 0 spiro atoms. The number of hydrogen-bond acceptors (Lipinski definition) is 3. The van der Waals surface area contributed by atoms with E-state index < -0.39 is 11.5 Å². The highest BCUT2D eigenvalue weighted by Gasteiger charge is 2.37. The van der Waals surface area contributed by atoms with Gasteiger partial charge in [0.1, 0.15) is 0 Å². The second kappa shape index (κ2) is 7.20. The van der Waals surface area contributed by atoms with Crippen LogP contribution in [0.25, 0.3) is 0 Å². The van der Waals surface area contributed by atoms with Crippen LogP contribution in [0.1, 0.15) is 18.9 Å². The molecule has 0 aliphatic carbocycles.